The topological polar surface area (TPSA) is 26.3 Å². The van der Waals surface area contributed by atoms with E-state index in [2.05, 4.69) is 13.8 Å². The molecular formula is C8H14O2. The Hall–Kier alpha value is -0.530. The fourth-order valence-electron chi connectivity index (χ4n) is 1.27. The highest BCUT2D eigenvalue weighted by Gasteiger charge is 2.22. The minimum absolute atomic E-state index is 0.0232. The Morgan fingerprint density at radius 3 is 2.70 bits per heavy atom. The number of esters is 1. The first-order valence-corrected chi connectivity index (χ1v) is 3.86. The normalized spacial score (nSPS) is 26.7. The van der Waals surface area contributed by atoms with Gasteiger partial charge in [-0.15, -0.1) is 0 Å². The molecule has 10 heavy (non-hydrogen) atoms. The van der Waals surface area contributed by atoms with Crippen LogP contribution < -0.4 is 0 Å². The first kappa shape index (κ1) is 7.58. The van der Waals surface area contributed by atoms with Crippen molar-refractivity contribution >= 4 is 5.97 Å². The Labute approximate surface area is 61.6 Å². The molecule has 0 saturated carbocycles. The fourth-order valence-corrected chi connectivity index (χ4v) is 1.27. The van der Waals surface area contributed by atoms with Crippen LogP contribution in [0.4, 0.5) is 0 Å². The van der Waals surface area contributed by atoms with Crippen LogP contribution in [0.3, 0.4) is 0 Å². The van der Waals surface area contributed by atoms with E-state index in [1.807, 2.05) is 0 Å². The van der Waals surface area contributed by atoms with Crippen molar-refractivity contribution in [3.05, 3.63) is 0 Å². The number of ether oxygens (including phenoxy) is 1. The Bertz CT molecular complexity index is 129. The Morgan fingerprint density at radius 2 is 2.30 bits per heavy atom. The van der Waals surface area contributed by atoms with E-state index in [4.69, 9.17) is 4.74 Å². The van der Waals surface area contributed by atoms with Crippen molar-refractivity contribution in [1.82, 2.24) is 0 Å². The van der Waals surface area contributed by atoms with E-state index in [-0.39, 0.29) is 5.97 Å². The minimum Gasteiger partial charge on any atom is -0.466 e. The third-order valence-electron chi connectivity index (χ3n) is 2.12. The van der Waals surface area contributed by atoms with Gasteiger partial charge in [0.2, 0.25) is 0 Å². The number of carbonyl (C=O) groups excluding carboxylic acids is 1. The van der Waals surface area contributed by atoms with Crippen molar-refractivity contribution in [3.8, 4) is 0 Å². The van der Waals surface area contributed by atoms with Gasteiger partial charge in [-0.3, -0.25) is 4.79 Å². The Balaban J connectivity index is 2.39. The summed E-state index contributed by atoms with van der Waals surface area (Å²) in [6, 6.07) is 0. The lowest BCUT2D eigenvalue weighted by atomic mass is 9.89. The average molecular weight is 142 g/mol. The molecule has 1 atom stereocenters. The summed E-state index contributed by atoms with van der Waals surface area (Å²) in [6.07, 6.45) is 1.67. The quantitative estimate of drug-likeness (QED) is 0.520. The highest BCUT2D eigenvalue weighted by molar-refractivity contribution is 5.70. The molecule has 0 unspecified atom stereocenters. The number of hydrogen-bond acceptors (Lipinski definition) is 2. The van der Waals surface area contributed by atoms with Gasteiger partial charge in [-0.1, -0.05) is 13.8 Å². The summed E-state index contributed by atoms with van der Waals surface area (Å²) in [5.74, 6) is 1.15. The molecule has 58 valence electrons. The predicted molar refractivity (Wildman–Crippen MR) is 38.5 cm³/mol. The number of hydrogen-bond donors (Lipinski definition) is 0. The molecule has 1 aliphatic heterocycles. The van der Waals surface area contributed by atoms with Gasteiger partial charge in [-0.2, -0.15) is 0 Å². The zero-order valence-corrected chi connectivity index (χ0v) is 6.59. The predicted octanol–water partition coefficient (Wildman–Crippen LogP) is 1.60. The van der Waals surface area contributed by atoms with E-state index in [0.717, 1.165) is 6.42 Å². The molecular weight excluding hydrogens is 128 g/mol. The van der Waals surface area contributed by atoms with Crippen LogP contribution in [0.15, 0.2) is 0 Å². The monoisotopic (exact) mass is 142 g/mol. The van der Waals surface area contributed by atoms with Crippen molar-refractivity contribution in [1.29, 1.82) is 0 Å². The second-order valence-electron chi connectivity index (χ2n) is 3.22. The zero-order chi connectivity index (χ0) is 7.56. The van der Waals surface area contributed by atoms with Crippen LogP contribution in [0.25, 0.3) is 0 Å². The molecule has 0 amide bonds. The lowest BCUT2D eigenvalue weighted by Crippen LogP contribution is -2.24. The molecule has 0 aromatic carbocycles. The van der Waals surface area contributed by atoms with Gasteiger partial charge in [0.1, 0.15) is 0 Å². The molecule has 1 rings (SSSR count). The van der Waals surface area contributed by atoms with Crippen molar-refractivity contribution in [2.24, 2.45) is 11.8 Å². The molecule has 0 spiro atoms. The van der Waals surface area contributed by atoms with Gasteiger partial charge in [0, 0.05) is 6.42 Å². The summed E-state index contributed by atoms with van der Waals surface area (Å²) < 4.78 is 4.82. The van der Waals surface area contributed by atoms with Crippen molar-refractivity contribution < 1.29 is 9.53 Å². The number of cyclic esters (lactones) is 1. The maximum absolute atomic E-state index is 10.8. The molecule has 1 saturated heterocycles. The van der Waals surface area contributed by atoms with Crippen LogP contribution in [0, 0.1) is 11.8 Å². The van der Waals surface area contributed by atoms with Crippen LogP contribution in [-0.2, 0) is 9.53 Å². The van der Waals surface area contributed by atoms with E-state index in [9.17, 15) is 4.79 Å². The van der Waals surface area contributed by atoms with Gasteiger partial charge in [-0.05, 0) is 18.3 Å². The van der Waals surface area contributed by atoms with Gasteiger partial charge in [-0.25, -0.2) is 0 Å². The average Bonchev–Trinajstić information content (AvgIpc) is 1.88. The van der Waals surface area contributed by atoms with Crippen LogP contribution in [0.1, 0.15) is 26.7 Å². The Morgan fingerprint density at radius 1 is 1.60 bits per heavy atom. The van der Waals surface area contributed by atoms with Gasteiger partial charge in [0.25, 0.3) is 0 Å². The molecule has 2 heteroatoms. The summed E-state index contributed by atoms with van der Waals surface area (Å²) in [5.41, 5.74) is 0. The Kier molecular flexibility index (Phi) is 2.30. The smallest absolute Gasteiger partial charge is 0.306 e. The van der Waals surface area contributed by atoms with Crippen molar-refractivity contribution in [3.63, 3.8) is 0 Å². The van der Waals surface area contributed by atoms with Crippen LogP contribution >= 0.6 is 0 Å². The zero-order valence-electron chi connectivity index (χ0n) is 6.59. The third-order valence-corrected chi connectivity index (χ3v) is 2.12. The molecule has 1 heterocycles. The first-order valence-electron chi connectivity index (χ1n) is 3.86. The molecule has 1 aliphatic rings. The highest BCUT2D eigenvalue weighted by atomic mass is 16.5. The first-order chi connectivity index (χ1) is 4.70. The molecule has 0 aliphatic carbocycles. The van der Waals surface area contributed by atoms with Gasteiger partial charge in [0.15, 0.2) is 0 Å². The summed E-state index contributed by atoms with van der Waals surface area (Å²) in [4.78, 5) is 10.8. The largest absolute Gasteiger partial charge is 0.466 e. The molecule has 0 aromatic rings. The molecule has 0 N–H and O–H groups in total. The van der Waals surface area contributed by atoms with E-state index >= 15 is 0 Å². The highest BCUT2D eigenvalue weighted by Crippen LogP contribution is 2.23. The molecule has 0 bridgehead atoms. The van der Waals surface area contributed by atoms with Crippen molar-refractivity contribution in [2.45, 2.75) is 26.7 Å². The third kappa shape index (κ3) is 1.72. The minimum atomic E-state index is -0.0232. The molecule has 0 radical (unpaired) electrons. The van der Waals surface area contributed by atoms with Gasteiger partial charge in [0.05, 0.1) is 6.61 Å². The second-order valence-corrected chi connectivity index (χ2v) is 3.22. The van der Waals surface area contributed by atoms with E-state index in [1.165, 1.54) is 0 Å². The number of carbonyl (C=O) groups is 1. The van der Waals surface area contributed by atoms with Gasteiger partial charge >= 0.3 is 5.97 Å². The maximum atomic E-state index is 10.8. The fraction of sp³-hybridized carbons (Fsp3) is 0.875. The maximum Gasteiger partial charge on any atom is 0.306 e. The van der Waals surface area contributed by atoms with E-state index in [0.29, 0.717) is 24.9 Å². The van der Waals surface area contributed by atoms with Crippen LogP contribution in [0.5, 0.6) is 0 Å². The lowest BCUT2D eigenvalue weighted by molar-refractivity contribution is -0.149. The van der Waals surface area contributed by atoms with Crippen LogP contribution in [-0.4, -0.2) is 12.6 Å². The second kappa shape index (κ2) is 3.04. The van der Waals surface area contributed by atoms with Crippen molar-refractivity contribution in [2.75, 3.05) is 6.61 Å². The molecule has 1 fully saturated rings. The number of rotatable bonds is 1. The summed E-state index contributed by atoms with van der Waals surface area (Å²) in [7, 11) is 0. The summed E-state index contributed by atoms with van der Waals surface area (Å²) in [6.45, 7) is 4.94. The summed E-state index contributed by atoms with van der Waals surface area (Å²) >= 11 is 0. The molecule has 2 nitrogen and oxygen atoms in total. The lowest BCUT2D eigenvalue weighted by Gasteiger charge is -2.23. The van der Waals surface area contributed by atoms with Gasteiger partial charge < -0.3 is 4.74 Å². The SMILES string of the molecule is CC(C)[C@H]1CCOC(=O)C1. The summed E-state index contributed by atoms with van der Waals surface area (Å²) in [5, 5.41) is 0. The molecule has 0 aromatic heterocycles. The van der Waals surface area contributed by atoms with E-state index in [1.54, 1.807) is 0 Å². The standard InChI is InChI=1S/C8H14O2/c1-6(2)7-3-4-10-8(9)5-7/h6-7H,3-5H2,1-2H3/t7-/m0/s1. The van der Waals surface area contributed by atoms with Crippen LogP contribution in [0.2, 0.25) is 0 Å². The van der Waals surface area contributed by atoms with E-state index < -0.39 is 0 Å².